The summed E-state index contributed by atoms with van der Waals surface area (Å²) in [6.45, 7) is 2.46. The Kier molecular flexibility index (Phi) is 4.11. The van der Waals surface area contributed by atoms with E-state index >= 15 is 0 Å². The predicted molar refractivity (Wildman–Crippen MR) is 56.7 cm³/mol. The van der Waals surface area contributed by atoms with Gasteiger partial charge in [-0.1, -0.05) is 25.5 Å². The van der Waals surface area contributed by atoms with Crippen LogP contribution in [0.1, 0.15) is 19.8 Å². The molecule has 84 valence electrons. The van der Waals surface area contributed by atoms with Gasteiger partial charge in [-0.15, -0.1) is 0 Å². The van der Waals surface area contributed by atoms with Gasteiger partial charge < -0.3 is 4.74 Å². The molecule has 0 aliphatic carbocycles. The second kappa shape index (κ2) is 5.14. The van der Waals surface area contributed by atoms with E-state index in [1.165, 1.54) is 18.2 Å². The van der Waals surface area contributed by atoms with Crippen LogP contribution in [-0.2, 0) is 10.1 Å². The minimum Gasteiger partial charge on any atom is -0.492 e. The van der Waals surface area contributed by atoms with E-state index in [0.29, 0.717) is 6.61 Å². The molecule has 0 saturated carbocycles. The van der Waals surface area contributed by atoms with Crippen molar-refractivity contribution < 1.29 is 17.7 Å². The summed E-state index contributed by atoms with van der Waals surface area (Å²) in [4.78, 5) is -0.180. The van der Waals surface area contributed by atoms with Gasteiger partial charge in [0.05, 0.1) is 6.61 Å². The minimum absolute atomic E-state index is 0.180. The number of para-hydroxylation sites is 1. The van der Waals surface area contributed by atoms with Crippen LogP contribution in [0, 0.1) is 0 Å². The number of hydrogen-bond donors (Lipinski definition) is 1. The van der Waals surface area contributed by atoms with Gasteiger partial charge in [0, 0.05) is 0 Å². The molecule has 1 N–H and O–H groups in total. The summed E-state index contributed by atoms with van der Waals surface area (Å²) in [5, 5.41) is 0. The van der Waals surface area contributed by atoms with E-state index in [1.54, 1.807) is 6.07 Å². The first-order valence-electron chi connectivity index (χ1n) is 4.75. The van der Waals surface area contributed by atoms with Gasteiger partial charge in [-0.05, 0) is 18.6 Å². The fraction of sp³-hybridized carbons (Fsp3) is 0.400. The SMILES string of the molecule is CCCCOc1ccccc1S(=O)(=O)O. The van der Waals surface area contributed by atoms with Crippen LogP contribution < -0.4 is 4.74 Å². The Morgan fingerprint density at radius 3 is 2.60 bits per heavy atom. The Bertz CT molecular complexity index is 411. The number of hydrogen-bond acceptors (Lipinski definition) is 3. The molecule has 0 aliphatic heterocycles. The number of benzene rings is 1. The third kappa shape index (κ3) is 3.53. The van der Waals surface area contributed by atoms with Gasteiger partial charge in [-0.3, -0.25) is 4.55 Å². The first kappa shape index (κ1) is 12.0. The molecular weight excluding hydrogens is 216 g/mol. The van der Waals surface area contributed by atoms with Crippen molar-refractivity contribution in [2.75, 3.05) is 6.61 Å². The maximum absolute atomic E-state index is 11.0. The third-order valence-electron chi connectivity index (χ3n) is 1.88. The zero-order valence-electron chi connectivity index (χ0n) is 8.51. The van der Waals surface area contributed by atoms with Crippen molar-refractivity contribution in [2.45, 2.75) is 24.7 Å². The summed E-state index contributed by atoms with van der Waals surface area (Å²) in [6, 6.07) is 6.04. The Labute approximate surface area is 89.6 Å². The van der Waals surface area contributed by atoms with Crippen molar-refractivity contribution in [1.29, 1.82) is 0 Å². The monoisotopic (exact) mass is 230 g/mol. The Morgan fingerprint density at radius 2 is 2.00 bits per heavy atom. The summed E-state index contributed by atoms with van der Waals surface area (Å²) in [5.74, 6) is 0.202. The van der Waals surface area contributed by atoms with Crippen LogP contribution in [0.5, 0.6) is 5.75 Å². The molecule has 1 rings (SSSR count). The van der Waals surface area contributed by atoms with E-state index in [1.807, 2.05) is 6.92 Å². The highest BCUT2D eigenvalue weighted by atomic mass is 32.2. The average molecular weight is 230 g/mol. The molecule has 1 aromatic carbocycles. The van der Waals surface area contributed by atoms with Crippen LogP contribution >= 0.6 is 0 Å². The Morgan fingerprint density at radius 1 is 1.33 bits per heavy atom. The van der Waals surface area contributed by atoms with Gasteiger partial charge in [0.15, 0.2) is 0 Å². The molecule has 5 heteroatoms. The lowest BCUT2D eigenvalue weighted by Crippen LogP contribution is -2.04. The molecule has 0 aliphatic rings. The summed E-state index contributed by atoms with van der Waals surface area (Å²) in [5.41, 5.74) is 0. The smallest absolute Gasteiger partial charge is 0.298 e. The molecule has 0 spiro atoms. The van der Waals surface area contributed by atoms with E-state index in [-0.39, 0.29) is 10.6 Å². The van der Waals surface area contributed by atoms with E-state index in [0.717, 1.165) is 12.8 Å². The molecule has 0 heterocycles. The summed E-state index contributed by atoms with van der Waals surface area (Å²) < 4.78 is 36.1. The molecule has 1 aromatic rings. The first-order valence-corrected chi connectivity index (χ1v) is 6.19. The van der Waals surface area contributed by atoms with Crippen molar-refractivity contribution >= 4 is 10.1 Å². The molecule has 0 atom stereocenters. The Balaban J connectivity index is 2.88. The number of unbranched alkanes of at least 4 members (excludes halogenated alkanes) is 1. The van der Waals surface area contributed by atoms with E-state index in [2.05, 4.69) is 0 Å². The van der Waals surface area contributed by atoms with Gasteiger partial charge in [-0.25, -0.2) is 0 Å². The molecular formula is C10H14O4S. The van der Waals surface area contributed by atoms with Crippen molar-refractivity contribution in [3.8, 4) is 5.75 Å². The number of rotatable bonds is 5. The molecule has 0 fully saturated rings. The molecule has 15 heavy (non-hydrogen) atoms. The van der Waals surface area contributed by atoms with E-state index in [4.69, 9.17) is 9.29 Å². The largest absolute Gasteiger partial charge is 0.492 e. The van der Waals surface area contributed by atoms with Crippen molar-refractivity contribution in [3.05, 3.63) is 24.3 Å². The van der Waals surface area contributed by atoms with E-state index < -0.39 is 10.1 Å². The van der Waals surface area contributed by atoms with Crippen LogP contribution in [0.4, 0.5) is 0 Å². The number of ether oxygens (including phenoxy) is 1. The maximum atomic E-state index is 11.0. The van der Waals surface area contributed by atoms with Crippen molar-refractivity contribution in [3.63, 3.8) is 0 Å². The molecule has 0 amide bonds. The standard InChI is InChI=1S/C10H14O4S/c1-2-3-8-14-9-6-4-5-7-10(9)15(11,12)13/h4-7H,2-3,8H2,1H3,(H,11,12,13). The molecule has 0 radical (unpaired) electrons. The molecule has 0 aromatic heterocycles. The van der Waals surface area contributed by atoms with Crippen LogP contribution in [0.15, 0.2) is 29.2 Å². The molecule has 0 bridgehead atoms. The summed E-state index contributed by atoms with van der Waals surface area (Å²) in [7, 11) is -4.20. The highest BCUT2D eigenvalue weighted by Crippen LogP contribution is 2.22. The molecule has 4 nitrogen and oxygen atoms in total. The lowest BCUT2D eigenvalue weighted by Gasteiger charge is -2.08. The topological polar surface area (TPSA) is 63.6 Å². The fourth-order valence-electron chi connectivity index (χ4n) is 1.11. The summed E-state index contributed by atoms with van der Waals surface area (Å²) in [6.07, 6.45) is 1.81. The lowest BCUT2D eigenvalue weighted by atomic mass is 10.3. The zero-order chi connectivity index (χ0) is 11.3. The quantitative estimate of drug-likeness (QED) is 0.621. The van der Waals surface area contributed by atoms with Crippen LogP contribution in [-0.4, -0.2) is 19.6 Å². The highest BCUT2D eigenvalue weighted by Gasteiger charge is 2.15. The maximum Gasteiger partial charge on any atom is 0.298 e. The molecule has 0 unspecified atom stereocenters. The highest BCUT2D eigenvalue weighted by molar-refractivity contribution is 7.86. The third-order valence-corrected chi connectivity index (χ3v) is 2.78. The van der Waals surface area contributed by atoms with Crippen LogP contribution in [0.3, 0.4) is 0 Å². The van der Waals surface area contributed by atoms with Gasteiger partial charge in [0.2, 0.25) is 0 Å². The van der Waals surface area contributed by atoms with Crippen molar-refractivity contribution in [2.24, 2.45) is 0 Å². The van der Waals surface area contributed by atoms with Crippen LogP contribution in [0.2, 0.25) is 0 Å². The van der Waals surface area contributed by atoms with Crippen molar-refractivity contribution in [1.82, 2.24) is 0 Å². The second-order valence-corrected chi connectivity index (χ2v) is 4.51. The average Bonchev–Trinajstić information content (AvgIpc) is 2.17. The van der Waals surface area contributed by atoms with Crippen LogP contribution in [0.25, 0.3) is 0 Å². The van der Waals surface area contributed by atoms with Gasteiger partial charge >= 0.3 is 0 Å². The lowest BCUT2D eigenvalue weighted by molar-refractivity contribution is 0.300. The normalized spacial score (nSPS) is 11.3. The first-order chi connectivity index (χ1) is 7.05. The minimum atomic E-state index is -4.20. The fourth-order valence-corrected chi connectivity index (χ4v) is 1.74. The summed E-state index contributed by atoms with van der Waals surface area (Å²) >= 11 is 0. The van der Waals surface area contributed by atoms with Gasteiger partial charge in [0.25, 0.3) is 10.1 Å². The van der Waals surface area contributed by atoms with Gasteiger partial charge in [-0.2, -0.15) is 8.42 Å². The Hall–Kier alpha value is -1.07. The molecule has 0 saturated heterocycles. The zero-order valence-corrected chi connectivity index (χ0v) is 9.33. The van der Waals surface area contributed by atoms with Gasteiger partial charge in [0.1, 0.15) is 10.6 Å². The predicted octanol–water partition coefficient (Wildman–Crippen LogP) is 2.11. The second-order valence-electron chi connectivity index (χ2n) is 3.12. The van der Waals surface area contributed by atoms with E-state index in [9.17, 15) is 8.42 Å².